The van der Waals surface area contributed by atoms with Crippen molar-refractivity contribution in [2.24, 2.45) is 0 Å². The van der Waals surface area contributed by atoms with E-state index in [4.69, 9.17) is 5.26 Å². The van der Waals surface area contributed by atoms with Crippen molar-refractivity contribution in [2.75, 3.05) is 11.9 Å². The normalized spacial score (nSPS) is 9.85. The first-order valence-electron chi connectivity index (χ1n) is 6.09. The van der Waals surface area contributed by atoms with Gasteiger partial charge < -0.3 is 4.90 Å². The molecule has 0 spiro atoms. The molecule has 0 fully saturated rings. The van der Waals surface area contributed by atoms with E-state index in [1.54, 1.807) is 12.1 Å². The summed E-state index contributed by atoms with van der Waals surface area (Å²) in [5, 5.41) is 8.90. The van der Waals surface area contributed by atoms with Crippen LogP contribution in [0, 0.1) is 11.3 Å². The molecule has 100 valence electrons. The van der Waals surface area contributed by atoms with E-state index in [0.717, 1.165) is 22.0 Å². The Morgan fingerprint density at radius 1 is 1.30 bits per heavy atom. The molecule has 4 heteroatoms. The van der Waals surface area contributed by atoms with Gasteiger partial charge in [0.2, 0.25) is 0 Å². The number of rotatable bonds is 4. The van der Waals surface area contributed by atoms with Crippen LogP contribution in [0.5, 0.6) is 0 Å². The lowest BCUT2D eigenvalue weighted by molar-refractivity contribution is 0.112. The molecule has 0 aromatic heterocycles. The first-order chi connectivity index (χ1) is 9.63. The Bertz CT molecular complexity index is 676. The summed E-state index contributed by atoms with van der Waals surface area (Å²) in [6, 6.07) is 15.3. The van der Waals surface area contributed by atoms with Gasteiger partial charge in [0.25, 0.3) is 0 Å². The topological polar surface area (TPSA) is 44.1 Å². The van der Waals surface area contributed by atoms with E-state index < -0.39 is 0 Å². The molecule has 0 aliphatic rings. The Hall–Kier alpha value is -2.12. The highest BCUT2D eigenvalue weighted by atomic mass is 79.9. The number of nitrogens with zero attached hydrogens (tertiary/aromatic N) is 2. The second-order valence-electron chi connectivity index (χ2n) is 4.49. The maximum Gasteiger partial charge on any atom is 0.151 e. The summed E-state index contributed by atoms with van der Waals surface area (Å²) < 4.78 is 0.780. The highest BCUT2D eigenvalue weighted by Gasteiger charge is 2.06. The summed E-state index contributed by atoms with van der Waals surface area (Å²) in [4.78, 5) is 12.9. The summed E-state index contributed by atoms with van der Waals surface area (Å²) in [6.07, 6.45) is 0.824. The van der Waals surface area contributed by atoms with E-state index >= 15 is 0 Å². The fourth-order valence-corrected chi connectivity index (χ4v) is 2.41. The number of aldehydes is 1. The van der Waals surface area contributed by atoms with E-state index in [0.29, 0.717) is 17.7 Å². The van der Waals surface area contributed by atoms with Crippen molar-refractivity contribution >= 4 is 27.9 Å². The number of carbonyl (C=O) groups is 1. The number of hydrogen-bond donors (Lipinski definition) is 0. The molecule has 0 saturated carbocycles. The zero-order valence-corrected chi connectivity index (χ0v) is 12.6. The van der Waals surface area contributed by atoms with E-state index in [1.807, 2.05) is 37.4 Å². The molecule has 0 bridgehead atoms. The maximum atomic E-state index is 10.8. The van der Waals surface area contributed by atoms with Crippen LogP contribution in [-0.2, 0) is 6.54 Å². The quantitative estimate of drug-likeness (QED) is 0.802. The molecular weight excluding hydrogens is 316 g/mol. The van der Waals surface area contributed by atoms with Crippen LogP contribution in [0.2, 0.25) is 0 Å². The van der Waals surface area contributed by atoms with Gasteiger partial charge in [-0.1, -0.05) is 12.1 Å². The summed E-state index contributed by atoms with van der Waals surface area (Å²) in [6.45, 7) is 0.697. The molecule has 0 saturated heterocycles. The highest BCUT2D eigenvalue weighted by Crippen LogP contribution is 2.23. The fraction of sp³-hybridized carbons (Fsp3) is 0.125. The Balaban J connectivity index is 2.19. The van der Waals surface area contributed by atoms with Gasteiger partial charge in [0, 0.05) is 29.3 Å². The third-order valence-corrected chi connectivity index (χ3v) is 3.71. The van der Waals surface area contributed by atoms with Gasteiger partial charge in [-0.25, -0.2) is 0 Å². The Labute approximate surface area is 126 Å². The lowest BCUT2D eigenvalue weighted by Gasteiger charge is -2.20. The smallest absolute Gasteiger partial charge is 0.151 e. The zero-order valence-electron chi connectivity index (χ0n) is 11.0. The van der Waals surface area contributed by atoms with Crippen molar-refractivity contribution in [2.45, 2.75) is 6.54 Å². The molecule has 0 heterocycles. The molecule has 0 aliphatic heterocycles. The molecule has 2 rings (SSSR count). The van der Waals surface area contributed by atoms with Crippen molar-refractivity contribution in [1.29, 1.82) is 5.26 Å². The second kappa shape index (κ2) is 6.36. The largest absolute Gasteiger partial charge is 0.370 e. The van der Waals surface area contributed by atoms with Crippen molar-refractivity contribution in [3.63, 3.8) is 0 Å². The molecule has 2 aromatic carbocycles. The van der Waals surface area contributed by atoms with Crippen LogP contribution in [0.1, 0.15) is 21.5 Å². The molecule has 0 amide bonds. The molecule has 3 nitrogen and oxygen atoms in total. The summed E-state index contributed by atoms with van der Waals surface area (Å²) in [5.74, 6) is 0. The minimum Gasteiger partial charge on any atom is -0.370 e. The lowest BCUT2D eigenvalue weighted by atomic mass is 10.1. The fourth-order valence-electron chi connectivity index (χ4n) is 1.95. The van der Waals surface area contributed by atoms with Crippen molar-refractivity contribution in [3.8, 4) is 6.07 Å². The first kappa shape index (κ1) is 14.3. The Kier molecular flexibility index (Phi) is 4.54. The highest BCUT2D eigenvalue weighted by molar-refractivity contribution is 9.10. The minimum atomic E-state index is 0.633. The molecule has 20 heavy (non-hydrogen) atoms. The summed E-state index contributed by atoms with van der Waals surface area (Å²) >= 11 is 3.38. The van der Waals surface area contributed by atoms with E-state index in [-0.39, 0.29) is 0 Å². The Morgan fingerprint density at radius 2 is 2.10 bits per heavy atom. The summed E-state index contributed by atoms with van der Waals surface area (Å²) in [7, 11) is 1.97. The number of halogens is 1. The van der Waals surface area contributed by atoms with Crippen LogP contribution >= 0.6 is 15.9 Å². The average Bonchev–Trinajstić information content (AvgIpc) is 2.47. The van der Waals surface area contributed by atoms with Crippen molar-refractivity contribution in [1.82, 2.24) is 0 Å². The first-order valence-corrected chi connectivity index (χ1v) is 6.88. The lowest BCUT2D eigenvalue weighted by Crippen LogP contribution is -2.16. The van der Waals surface area contributed by atoms with Crippen LogP contribution < -0.4 is 4.90 Å². The van der Waals surface area contributed by atoms with Crippen molar-refractivity contribution in [3.05, 3.63) is 63.6 Å². The maximum absolute atomic E-state index is 10.8. The van der Waals surface area contributed by atoms with Gasteiger partial charge >= 0.3 is 0 Å². The number of anilines is 1. The third kappa shape index (κ3) is 3.25. The van der Waals surface area contributed by atoms with Gasteiger partial charge in [-0.2, -0.15) is 5.26 Å². The second-order valence-corrected chi connectivity index (χ2v) is 5.35. The van der Waals surface area contributed by atoms with Crippen LogP contribution in [-0.4, -0.2) is 13.3 Å². The van der Waals surface area contributed by atoms with Crippen LogP contribution in [0.25, 0.3) is 0 Å². The number of nitriles is 1. The van der Waals surface area contributed by atoms with Crippen LogP contribution in [0.4, 0.5) is 5.69 Å². The van der Waals surface area contributed by atoms with Crippen LogP contribution in [0.15, 0.2) is 46.9 Å². The number of carbonyl (C=O) groups excluding carboxylic acids is 1. The minimum absolute atomic E-state index is 0.633. The molecule has 0 aliphatic carbocycles. The van der Waals surface area contributed by atoms with E-state index in [1.165, 1.54) is 0 Å². The van der Waals surface area contributed by atoms with Gasteiger partial charge in [-0.3, -0.25) is 4.79 Å². The van der Waals surface area contributed by atoms with Gasteiger partial charge in [0.15, 0.2) is 6.29 Å². The predicted molar refractivity (Wildman–Crippen MR) is 82.8 cm³/mol. The number of benzene rings is 2. The van der Waals surface area contributed by atoms with Gasteiger partial charge in [0.1, 0.15) is 0 Å². The van der Waals surface area contributed by atoms with Gasteiger partial charge in [0.05, 0.1) is 11.6 Å². The molecular formula is C16H13BrN2O. The van der Waals surface area contributed by atoms with Crippen molar-refractivity contribution < 1.29 is 4.79 Å². The molecule has 2 aromatic rings. The number of hydrogen-bond acceptors (Lipinski definition) is 3. The monoisotopic (exact) mass is 328 g/mol. The van der Waals surface area contributed by atoms with Gasteiger partial charge in [-0.05, 0) is 51.8 Å². The predicted octanol–water partition coefficient (Wildman–Crippen LogP) is 3.77. The molecule has 0 atom stereocenters. The average molecular weight is 329 g/mol. The third-order valence-electron chi connectivity index (χ3n) is 3.03. The van der Waals surface area contributed by atoms with Crippen LogP contribution in [0.3, 0.4) is 0 Å². The Morgan fingerprint density at radius 3 is 2.75 bits per heavy atom. The van der Waals surface area contributed by atoms with E-state index in [9.17, 15) is 4.79 Å². The summed E-state index contributed by atoms with van der Waals surface area (Å²) in [5.41, 5.74) is 3.37. The standard InChI is InChI=1S/C16H13BrN2O/c1-19(10-13-4-2-3-12(7-13)9-18)15-6-5-14(11-20)16(17)8-15/h2-8,11H,10H2,1H3. The molecule has 0 unspecified atom stereocenters. The molecule has 0 radical (unpaired) electrons. The zero-order chi connectivity index (χ0) is 14.5. The SMILES string of the molecule is CN(Cc1cccc(C#N)c1)c1ccc(C=O)c(Br)c1. The van der Waals surface area contributed by atoms with E-state index in [2.05, 4.69) is 26.9 Å². The molecule has 0 N–H and O–H groups in total. The van der Waals surface area contributed by atoms with Gasteiger partial charge in [-0.15, -0.1) is 0 Å².